The largest absolute Gasteiger partial charge is 0.416 e. The summed E-state index contributed by atoms with van der Waals surface area (Å²) in [6, 6.07) is 1.62. The number of rotatable bonds is 3. The summed E-state index contributed by atoms with van der Waals surface area (Å²) in [5, 5.41) is 3.17. The summed E-state index contributed by atoms with van der Waals surface area (Å²) in [5.74, 6) is 0.114. The molecule has 1 heterocycles. The molecule has 2 nitrogen and oxygen atoms in total. The van der Waals surface area contributed by atoms with E-state index in [1.807, 2.05) is 4.90 Å². The van der Waals surface area contributed by atoms with Crippen molar-refractivity contribution in [3.63, 3.8) is 0 Å². The van der Waals surface area contributed by atoms with E-state index >= 15 is 0 Å². The number of nitrogens with one attached hydrogen (secondary N) is 1. The Kier molecular flexibility index (Phi) is 8.29. The molecule has 1 aromatic carbocycles. The quantitative estimate of drug-likeness (QED) is 0.642. The molecule has 1 saturated heterocycles. The highest BCUT2D eigenvalue weighted by atomic mass is 35.5. The summed E-state index contributed by atoms with van der Waals surface area (Å²) in [4.78, 5) is 2.02. The van der Waals surface area contributed by atoms with Crippen molar-refractivity contribution in [3.05, 3.63) is 34.9 Å². The molecule has 2 aliphatic rings. The molecule has 0 bridgehead atoms. The fourth-order valence-corrected chi connectivity index (χ4v) is 3.65. The minimum absolute atomic E-state index is 0. The number of halogens is 8. The van der Waals surface area contributed by atoms with Crippen molar-refractivity contribution >= 4 is 24.8 Å². The number of piperazine rings is 1. The second-order valence-electron chi connectivity index (χ2n) is 6.76. The smallest absolute Gasteiger partial charge is 0.314 e. The van der Waals surface area contributed by atoms with Crippen molar-refractivity contribution in [1.82, 2.24) is 10.2 Å². The van der Waals surface area contributed by atoms with Gasteiger partial charge in [0, 0.05) is 32.2 Å². The van der Waals surface area contributed by atoms with Crippen molar-refractivity contribution in [2.75, 3.05) is 26.2 Å². The zero-order valence-electron chi connectivity index (χ0n) is 14.4. The van der Waals surface area contributed by atoms with Crippen LogP contribution < -0.4 is 5.32 Å². The maximum atomic E-state index is 13.1. The molecule has 156 valence electrons. The Labute approximate surface area is 166 Å². The number of hydrogen-bond donors (Lipinski definition) is 1. The van der Waals surface area contributed by atoms with Crippen LogP contribution in [0.2, 0.25) is 0 Å². The lowest BCUT2D eigenvalue weighted by molar-refractivity contribution is -0.143. The van der Waals surface area contributed by atoms with Gasteiger partial charge in [-0.3, -0.25) is 4.90 Å². The van der Waals surface area contributed by atoms with Gasteiger partial charge in [0.15, 0.2) is 0 Å². The van der Waals surface area contributed by atoms with E-state index in [2.05, 4.69) is 5.32 Å². The minimum atomic E-state index is -4.80. The third-order valence-electron chi connectivity index (χ3n) is 5.09. The van der Waals surface area contributed by atoms with Crippen LogP contribution in [0.1, 0.15) is 42.0 Å². The normalized spacial score (nSPS) is 20.2. The van der Waals surface area contributed by atoms with Crippen molar-refractivity contribution in [3.8, 4) is 0 Å². The Balaban J connectivity index is 0.00000182. The second kappa shape index (κ2) is 9.20. The maximum absolute atomic E-state index is 13.1. The summed E-state index contributed by atoms with van der Waals surface area (Å²) in [6.07, 6.45) is -6.95. The van der Waals surface area contributed by atoms with E-state index in [0.29, 0.717) is 26.2 Å². The van der Waals surface area contributed by atoms with Gasteiger partial charge in [-0.25, -0.2) is 0 Å². The number of alkyl halides is 6. The molecule has 0 spiro atoms. The van der Waals surface area contributed by atoms with Crippen molar-refractivity contribution < 1.29 is 26.3 Å². The molecule has 0 unspecified atom stereocenters. The van der Waals surface area contributed by atoms with Gasteiger partial charge in [0.2, 0.25) is 0 Å². The zero-order chi connectivity index (χ0) is 18.2. The van der Waals surface area contributed by atoms with Gasteiger partial charge in [-0.05, 0) is 42.5 Å². The Morgan fingerprint density at radius 1 is 0.852 bits per heavy atom. The van der Waals surface area contributed by atoms with Crippen molar-refractivity contribution in [2.45, 2.75) is 37.7 Å². The first kappa shape index (κ1) is 24.3. The molecule has 1 saturated carbocycles. The Morgan fingerprint density at radius 2 is 1.33 bits per heavy atom. The van der Waals surface area contributed by atoms with Crippen LogP contribution >= 0.6 is 24.8 Å². The molecular weight excluding hydrogens is 417 g/mol. The van der Waals surface area contributed by atoms with Crippen molar-refractivity contribution in [2.24, 2.45) is 5.92 Å². The average Bonchev–Trinajstić information content (AvgIpc) is 2.49. The van der Waals surface area contributed by atoms with Crippen LogP contribution in [0.3, 0.4) is 0 Å². The van der Waals surface area contributed by atoms with E-state index < -0.39 is 23.5 Å². The summed E-state index contributed by atoms with van der Waals surface area (Å²) in [5.41, 5.74) is -2.32. The molecule has 3 rings (SSSR count). The topological polar surface area (TPSA) is 15.3 Å². The van der Waals surface area contributed by atoms with Gasteiger partial charge in [0.25, 0.3) is 0 Å². The number of nitrogens with zero attached hydrogens (tertiary/aromatic N) is 1. The molecule has 1 aliphatic carbocycles. The molecule has 10 heteroatoms. The highest BCUT2D eigenvalue weighted by molar-refractivity contribution is 5.85. The zero-order valence-corrected chi connectivity index (χ0v) is 16.0. The standard InChI is InChI=1S/C17H20F6N2.2ClH/c18-16(19,20)13-8-12(9-14(10-13)17(21,22)23)15(11-2-1-3-11)25-6-4-24-5-7-25;;/h8-11,15,24H,1-7H2;2*1H/t15-;;/m0../s1. The van der Waals surface area contributed by atoms with E-state index in [4.69, 9.17) is 0 Å². The molecule has 27 heavy (non-hydrogen) atoms. The highest BCUT2D eigenvalue weighted by Crippen LogP contribution is 2.44. The lowest BCUT2D eigenvalue weighted by Crippen LogP contribution is -2.48. The number of benzene rings is 1. The van der Waals surface area contributed by atoms with E-state index in [0.717, 1.165) is 31.4 Å². The fourth-order valence-electron chi connectivity index (χ4n) is 3.65. The third kappa shape index (κ3) is 5.65. The predicted molar refractivity (Wildman–Crippen MR) is 95.5 cm³/mol. The molecule has 0 amide bonds. The van der Waals surface area contributed by atoms with E-state index in [9.17, 15) is 26.3 Å². The molecule has 1 aromatic rings. The van der Waals surface area contributed by atoms with Crippen LogP contribution in [0.25, 0.3) is 0 Å². The Morgan fingerprint density at radius 3 is 1.70 bits per heavy atom. The van der Waals surface area contributed by atoms with Crippen molar-refractivity contribution in [1.29, 1.82) is 0 Å². The Bertz CT molecular complexity index is 578. The van der Waals surface area contributed by atoms with Crippen LogP contribution in [0.15, 0.2) is 18.2 Å². The first-order valence-corrected chi connectivity index (χ1v) is 8.40. The summed E-state index contributed by atoms with van der Waals surface area (Å²) >= 11 is 0. The van der Waals surface area contributed by atoms with E-state index in [1.165, 1.54) is 0 Å². The van der Waals surface area contributed by atoms with Crippen LogP contribution in [-0.4, -0.2) is 31.1 Å². The van der Waals surface area contributed by atoms with Gasteiger partial charge >= 0.3 is 12.4 Å². The molecule has 0 radical (unpaired) electrons. The fraction of sp³-hybridized carbons (Fsp3) is 0.647. The van der Waals surface area contributed by atoms with Gasteiger partial charge in [-0.2, -0.15) is 26.3 Å². The second-order valence-corrected chi connectivity index (χ2v) is 6.76. The van der Waals surface area contributed by atoms with Gasteiger partial charge in [-0.15, -0.1) is 24.8 Å². The van der Waals surface area contributed by atoms with Crippen LogP contribution in [0, 0.1) is 5.92 Å². The van der Waals surface area contributed by atoms with E-state index in [1.54, 1.807) is 0 Å². The Hall–Kier alpha value is -0.700. The summed E-state index contributed by atoms with van der Waals surface area (Å²) in [6.45, 7) is 2.63. The van der Waals surface area contributed by atoms with Gasteiger partial charge in [0.05, 0.1) is 11.1 Å². The average molecular weight is 439 g/mol. The molecule has 2 fully saturated rings. The maximum Gasteiger partial charge on any atom is 0.416 e. The molecule has 0 aromatic heterocycles. The lowest BCUT2D eigenvalue weighted by Gasteiger charge is -2.43. The minimum Gasteiger partial charge on any atom is -0.314 e. The third-order valence-corrected chi connectivity index (χ3v) is 5.09. The lowest BCUT2D eigenvalue weighted by atomic mass is 9.75. The molecule has 1 aliphatic heterocycles. The van der Waals surface area contributed by atoms with Crippen LogP contribution in [0.5, 0.6) is 0 Å². The highest BCUT2D eigenvalue weighted by Gasteiger charge is 2.40. The van der Waals surface area contributed by atoms with Gasteiger partial charge in [0.1, 0.15) is 0 Å². The first-order valence-electron chi connectivity index (χ1n) is 8.40. The monoisotopic (exact) mass is 438 g/mol. The molecule has 1 N–H and O–H groups in total. The van der Waals surface area contributed by atoms with Crippen LogP contribution in [0.4, 0.5) is 26.3 Å². The van der Waals surface area contributed by atoms with E-state index in [-0.39, 0.29) is 48.4 Å². The molecule has 1 atom stereocenters. The SMILES string of the molecule is Cl.Cl.FC(F)(F)c1cc([C@H](C2CCC2)N2CCNCC2)cc(C(F)(F)F)c1. The summed E-state index contributed by atoms with van der Waals surface area (Å²) in [7, 11) is 0. The van der Waals surface area contributed by atoms with Crippen LogP contribution in [-0.2, 0) is 12.4 Å². The number of hydrogen-bond acceptors (Lipinski definition) is 2. The van der Waals surface area contributed by atoms with Gasteiger partial charge in [-0.1, -0.05) is 6.42 Å². The molecular formula is C17H22Cl2F6N2. The summed E-state index contributed by atoms with van der Waals surface area (Å²) < 4.78 is 78.9. The van der Waals surface area contributed by atoms with Gasteiger partial charge < -0.3 is 5.32 Å². The predicted octanol–water partition coefficient (Wildman–Crippen LogP) is 5.31. The first-order chi connectivity index (χ1) is 11.7.